The van der Waals surface area contributed by atoms with Crippen molar-refractivity contribution in [3.63, 3.8) is 0 Å². The summed E-state index contributed by atoms with van der Waals surface area (Å²) in [7, 11) is 1.63. The minimum Gasteiger partial charge on any atom is -0.497 e. The maximum atomic E-state index is 11.9. The Morgan fingerprint density at radius 1 is 1.16 bits per heavy atom. The Hall–Kier alpha value is -2.29. The number of methoxy groups -OCH3 is 1. The Bertz CT molecular complexity index is 561. The van der Waals surface area contributed by atoms with E-state index in [1.807, 2.05) is 55.5 Å². The number of ether oxygens (including phenoxy) is 1. The fraction of sp³-hybridized carbons (Fsp3) is 0.188. The third-order valence-corrected chi connectivity index (χ3v) is 2.90. The third kappa shape index (κ3) is 3.58. The van der Waals surface area contributed by atoms with E-state index in [0.717, 1.165) is 16.9 Å². The average Bonchev–Trinajstić information content (AvgIpc) is 2.46. The minimum atomic E-state index is -0.0668. The van der Waals surface area contributed by atoms with Gasteiger partial charge in [0.05, 0.1) is 7.11 Å². The van der Waals surface area contributed by atoms with Crippen LogP contribution in [0.5, 0.6) is 5.75 Å². The molecule has 0 unspecified atom stereocenters. The van der Waals surface area contributed by atoms with Crippen LogP contribution in [0.3, 0.4) is 0 Å². The number of carbonyl (C=O) groups is 1. The highest BCUT2D eigenvalue weighted by molar-refractivity contribution is 5.94. The lowest BCUT2D eigenvalue weighted by molar-refractivity contribution is 0.0951. The summed E-state index contributed by atoms with van der Waals surface area (Å²) in [4.78, 5) is 11.9. The molecule has 0 aliphatic carbocycles. The van der Waals surface area contributed by atoms with Crippen molar-refractivity contribution >= 4 is 5.91 Å². The van der Waals surface area contributed by atoms with Crippen LogP contribution in [0, 0.1) is 6.92 Å². The van der Waals surface area contributed by atoms with Gasteiger partial charge in [-0.3, -0.25) is 4.79 Å². The summed E-state index contributed by atoms with van der Waals surface area (Å²) in [5.74, 6) is 0.727. The molecule has 0 fully saturated rings. The molecule has 19 heavy (non-hydrogen) atoms. The molecule has 3 heteroatoms. The maximum absolute atomic E-state index is 11.9. The van der Waals surface area contributed by atoms with Gasteiger partial charge in [0, 0.05) is 12.1 Å². The first-order valence-electron chi connectivity index (χ1n) is 6.17. The highest BCUT2D eigenvalue weighted by atomic mass is 16.5. The van der Waals surface area contributed by atoms with E-state index in [1.165, 1.54) is 0 Å². The molecule has 0 aliphatic rings. The summed E-state index contributed by atoms with van der Waals surface area (Å²) in [6, 6.07) is 15.2. The van der Waals surface area contributed by atoms with Gasteiger partial charge in [-0.25, -0.2) is 0 Å². The van der Waals surface area contributed by atoms with Crippen LogP contribution in [0.2, 0.25) is 0 Å². The van der Waals surface area contributed by atoms with Crippen LogP contribution < -0.4 is 10.1 Å². The second-order valence-electron chi connectivity index (χ2n) is 4.40. The molecule has 1 amide bonds. The van der Waals surface area contributed by atoms with Crippen molar-refractivity contribution in [3.8, 4) is 5.75 Å². The molecular weight excluding hydrogens is 238 g/mol. The predicted molar refractivity (Wildman–Crippen MR) is 75.3 cm³/mol. The van der Waals surface area contributed by atoms with Crippen molar-refractivity contribution in [1.29, 1.82) is 0 Å². The topological polar surface area (TPSA) is 38.3 Å². The van der Waals surface area contributed by atoms with Crippen molar-refractivity contribution in [2.75, 3.05) is 7.11 Å². The summed E-state index contributed by atoms with van der Waals surface area (Å²) < 4.78 is 5.15. The van der Waals surface area contributed by atoms with E-state index in [4.69, 9.17) is 4.74 Å². The van der Waals surface area contributed by atoms with Crippen molar-refractivity contribution < 1.29 is 9.53 Å². The predicted octanol–water partition coefficient (Wildman–Crippen LogP) is 2.93. The maximum Gasteiger partial charge on any atom is 0.251 e. The smallest absolute Gasteiger partial charge is 0.251 e. The van der Waals surface area contributed by atoms with Crippen molar-refractivity contribution in [2.24, 2.45) is 0 Å². The number of hydrogen-bond acceptors (Lipinski definition) is 2. The number of amides is 1. The summed E-state index contributed by atoms with van der Waals surface area (Å²) in [5.41, 5.74) is 2.83. The Kier molecular flexibility index (Phi) is 4.18. The van der Waals surface area contributed by atoms with E-state index in [9.17, 15) is 4.79 Å². The van der Waals surface area contributed by atoms with E-state index in [0.29, 0.717) is 12.1 Å². The molecule has 2 rings (SSSR count). The minimum absolute atomic E-state index is 0.0668. The SMILES string of the molecule is COc1cccc(CNC(=O)c2ccc(C)cc2)c1. The average molecular weight is 255 g/mol. The molecule has 0 heterocycles. The van der Waals surface area contributed by atoms with Crippen molar-refractivity contribution in [3.05, 3.63) is 65.2 Å². The number of benzene rings is 2. The molecule has 0 spiro atoms. The molecule has 0 saturated carbocycles. The normalized spacial score (nSPS) is 10.0. The van der Waals surface area contributed by atoms with Crippen molar-refractivity contribution in [1.82, 2.24) is 5.32 Å². The number of hydrogen-bond donors (Lipinski definition) is 1. The first-order valence-corrected chi connectivity index (χ1v) is 6.17. The van der Waals surface area contributed by atoms with Crippen LogP contribution >= 0.6 is 0 Å². The van der Waals surface area contributed by atoms with Gasteiger partial charge in [-0.15, -0.1) is 0 Å². The third-order valence-electron chi connectivity index (χ3n) is 2.90. The first kappa shape index (κ1) is 13.1. The second kappa shape index (κ2) is 6.05. The molecule has 0 radical (unpaired) electrons. The van der Waals surface area contributed by atoms with Crippen LogP contribution in [-0.4, -0.2) is 13.0 Å². The number of aryl methyl sites for hydroxylation is 1. The molecule has 0 bridgehead atoms. The number of nitrogens with one attached hydrogen (secondary N) is 1. The molecule has 3 nitrogen and oxygen atoms in total. The van der Waals surface area contributed by atoms with E-state index >= 15 is 0 Å². The second-order valence-corrected chi connectivity index (χ2v) is 4.40. The number of rotatable bonds is 4. The Morgan fingerprint density at radius 3 is 2.58 bits per heavy atom. The van der Waals surface area contributed by atoms with Gasteiger partial charge in [0.25, 0.3) is 5.91 Å². The summed E-state index contributed by atoms with van der Waals surface area (Å²) >= 11 is 0. The van der Waals surface area contributed by atoms with Gasteiger partial charge < -0.3 is 10.1 Å². The lowest BCUT2D eigenvalue weighted by Gasteiger charge is -2.07. The Morgan fingerprint density at radius 2 is 1.89 bits per heavy atom. The zero-order valence-electron chi connectivity index (χ0n) is 11.1. The molecule has 2 aromatic rings. The van der Waals surface area contributed by atoms with Gasteiger partial charge in [0.15, 0.2) is 0 Å². The molecule has 0 saturated heterocycles. The quantitative estimate of drug-likeness (QED) is 0.912. The fourth-order valence-corrected chi connectivity index (χ4v) is 1.77. The van der Waals surface area contributed by atoms with Crippen molar-refractivity contribution in [2.45, 2.75) is 13.5 Å². The first-order chi connectivity index (χ1) is 9.19. The summed E-state index contributed by atoms with van der Waals surface area (Å²) in [6.07, 6.45) is 0. The molecule has 0 aromatic heterocycles. The summed E-state index contributed by atoms with van der Waals surface area (Å²) in [5, 5.41) is 2.89. The zero-order valence-corrected chi connectivity index (χ0v) is 11.1. The zero-order chi connectivity index (χ0) is 13.7. The largest absolute Gasteiger partial charge is 0.497 e. The van der Waals surface area contributed by atoms with Crippen LogP contribution in [0.15, 0.2) is 48.5 Å². The van der Waals surface area contributed by atoms with Gasteiger partial charge in [-0.2, -0.15) is 0 Å². The lowest BCUT2D eigenvalue weighted by atomic mass is 10.1. The molecule has 0 atom stereocenters. The molecule has 2 aromatic carbocycles. The fourth-order valence-electron chi connectivity index (χ4n) is 1.77. The van der Waals surface area contributed by atoms with Gasteiger partial charge >= 0.3 is 0 Å². The standard InChI is InChI=1S/C16H17NO2/c1-12-6-8-14(9-7-12)16(18)17-11-13-4-3-5-15(10-13)19-2/h3-10H,11H2,1-2H3,(H,17,18). The molecule has 1 N–H and O–H groups in total. The van der Waals surface area contributed by atoms with E-state index in [-0.39, 0.29) is 5.91 Å². The highest BCUT2D eigenvalue weighted by Crippen LogP contribution is 2.12. The van der Waals surface area contributed by atoms with Gasteiger partial charge in [-0.1, -0.05) is 29.8 Å². The van der Waals surface area contributed by atoms with Gasteiger partial charge in [-0.05, 0) is 36.8 Å². The van der Waals surface area contributed by atoms with Gasteiger partial charge in [0.2, 0.25) is 0 Å². The summed E-state index contributed by atoms with van der Waals surface area (Å²) in [6.45, 7) is 2.49. The Balaban J connectivity index is 1.98. The highest BCUT2D eigenvalue weighted by Gasteiger charge is 2.04. The van der Waals surface area contributed by atoms with Crippen LogP contribution in [-0.2, 0) is 6.54 Å². The van der Waals surface area contributed by atoms with E-state index in [1.54, 1.807) is 7.11 Å². The molecule has 98 valence electrons. The van der Waals surface area contributed by atoms with Gasteiger partial charge in [0.1, 0.15) is 5.75 Å². The molecular formula is C16H17NO2. The Labute approximate surface area is 113 Å². The number of carbonyl (C=O) groups excluding carboxylic acids is 1. The van der Waals surface area contributed by atoms with Crippen LogP contribution in [0.4, 0.5) is 0 Å². The molecule has 0 aliphatic heterocycles. The lowest BCUT2D eigenvalue weighted by Crippen LogP contribution is -2.22. The van der Waals surface area contributed by atoms with Crippen LogP contribution in [0.25, 0.3) is 0 Å². The van der Waals surface area contributed by atoms with E-state index < -0.39 is 0 Å². The monoisotopic (exact) mass is 255 g/mol. The van der Waals surface area contributed by atoms with Crippen LogP contribution in [0.1, 0.15) is 21.5 Å². The van der Waals surface area contributed by atoms with E-state index in [2.05, 4.69) is 5.32 Å².